The van der Waals surface area contributed by atoms with Crippen LogP contribution in [0.25, 0.3) is 0 Å². The molecular weight excluding hydrogens is 310 g/mol. The minimum Gasteiger partial charge on any atom is -0.319 e. The van der Waals surface area contributed by atoms with Crippen LogP contribution in [-0.4, -0.2) is 9.97 Å². The van der Waals surface area contributed by atoms with Crippen molar-refractivity contribution in [3.63, 3.8) is 0 Å². The highest BCUT2D eigenvalue weighted by atomic mass is 35.5. The minimum atomic E-state index is -4.63. The number of aryl methyl sites for hydroxylation is 1. The Bertz CT molecular complexity index is 673. The molecule has 0 saturated heterocycles. The molecule has 0 fully saturated rings. The molecule has 2 aromatic heterocycles. The largest absolute Gasteiger partial charge is 0.434 e. The Kier molecular flexibility index (Phi) is 4.15. The summed E-state index contributed by atoms with van der Waals surface area (Å²) in [5.74, 6) is -0.491. The fourth-order valence-corrected chi connectivity index (χ4v) is 2.02. The fourth-order valence-electron chi connectivity index (χ4n) is 1.74. The van der Waals surface area contributed by atoms with Gasteiger partial charge < -0.3 is 5.73 Å². The van der Waals surface area contributed by atoms with Crippen molar-refractivity contribution in [2.45, 2.75) is 19.1 Å². The molecule has 0 spiro atoms. The number of rotatable bonds is 2. The van der Waals surface area contributed by atoms with Gasteiger partial charge >= 0.3 is 6.18 Å². The Labute approximate surface area is 122 Å². The number of nitrogens with zero attached hydrogens (tertiary/aromatic N) is 2. The molecule has 0 aliphatic carbocycles. The summed E-state index contributed by atoms with van der Waals surface area (Å²) in [4.78, 5) is 7.25. The van der Waals surface area contributed by atoms with Gasteiger partial charge in [-0.1, -0.05) is 11.6 Å². The summed E-state index contributed by atoms with van der Waals surface area (Å²) in [6.07, 6.45) is -3.65. The number of hydrogen-bond acceptors (Lipinski definition) is 3. The maximum Gasteiger partial charge on any atom is 0.434 e. The Morgan fingerprint density at radius 2 is 1.95 bits per heavy atom. The molecule has 2 N–H and O–H groups in total. The lowest BCUT2D eigenvalue weighted by molar-refractivity contribution is -0.141. The van der Waals surface area contributed by atoms with E-state index < -0.39 is 28.8 Å². The predicted molar refractivity (Wildman–Crippen MR) is 69.2 cm³/mol. The van der Waals surface area contributed by atoms with Gasteiger partial charge in [0.15, 0.2) is 5.69 Å². The van der Waals surface area contributed by atoms with Gasteiger partial charge in [0.2, 0.25) is 0 Å². The number of hydrogen-bond donors (Lipinski definition) is 1. The first-order chi connectivity index (χ1) is 9.70. The van der Waals surface area contributed by atoms with Crippen LogP contribution in [0.5, 0.6) is 0 Å². The molecule has 1 atom stereocenters. The van der Waals surface area contributed by atoms with E-state index in [9.17, 15) is 17.6 Å². The first-order valence-corrected chi connectivity index (χ1v) is 6.19. The summed E-state index contributed by atoms with van der Waals surface area (Å²) in [5.41, 5.74) is 5.44. The van der Waals surface area contributed by atoms with Crippen molar-refractivity contribution < 1.29 is 17.6 Å². The first kappa shape index (κ1) is 15.7. The number of halogens is 5. The smallest absolute Gasteiger partial charge is 0.319 e. The van der Waals surface area contributed by atoms with E-state index in [0.29, 0.717) is 5.69 Å². The van der Waals surface area contributed by atoms with E-state index in [0.717, 1.165) is 12.3 Å². The van der Waals surface area contributed by atoms with Gasteiger partial charge in [-0.15, -0.1) is 0 Å². The zero-order valence-electron chi connectivity index (χ0n) is 10.7. The third-order valence-electron chi connectivity index (χ3n) is 2.85. The van der Waals surface area contributed by atoms with Gasteiger partial charge in [0, 0.05) is 6.20 Å². The van der Waals surface area contributed by atoms with Crippen LogP contribution in [0.4, 0.5) is 17.6 Å². The van der Waals surface area contributed by atoms with Crippen LogP contribution >= 0.6 is 11.6 Å². The molecule has 0 radical (unpaired) electrons. The predicted octanol–water partition coefficient (Wildman–Crippen LogP) is 3.64. The molecule has 3 nitrogen and oxygen atoms in total. The van der Waals surface area contributed by atoms with E-state index in [1.807, 2.05) is 0 Å². The third kappa shape index (κ3) is 3.30. The van der Waals surface area contributed by atoms with Gasteiger partial charge in [-0.05, 0) is 30.7 Å². The van der Waals surface area contributed by atoms with Gasteiger partial charge in [-0.2, -0.15) is 13.2 Å². The van der Waals surface area contributed by atoms with Crippen molar-refractivity contribution in [1.82, 2.24) is 9.97 Å². The van der Waals surface area contributed by atoms with Crippen molar-refractivity contribution >= 4 is 11.6 Å². The molecule has 0 aromatic carbocycles. The van der Waals surface area contributed by atoms with Crippen molar-refractivity contribution in [2.75, 3.05) is 0 Å². The highest BCUT2D eigenvalue weighted by Gasteiger charge is 2.35. The van der Waals surface area contributed by atoms with Gasteiger partial charge in [0.05, 0.1) is 22.5 Å². The van der Waals surface area contributed by atoms with Crippen LogP contribution in [-0.2, 0) is 6.18 Å². The van der Waals surface area contributed by atoms with E-state index in [-0.39, 0.29) is 11.3 Å². The van der Waals surface area contributed by atoms with Crippen LogP contribution in [0.1, 0.15) is 28.7 Å². The molecule has 8 heteroatoms. The second-order valence-electron chi connectivity index (χ2n) is 4.38. The summed E-state index contributed by atoms with van der Waals surface area (Å²) < 4.78 is 50.9. The average molecular weight is 320 g/mol. The normalized spacial score (nSPS) is 13.3. The molecule has 0 aliphatic heterocycles. The van der Waals surface area contributed by atoms with Crippen LogP contribution < -0.4 is 5.73 Å². The van der Waals surface area contributed by atoms with E-state index in [2.05, 4.69) is 9.97 Å². The zero-order chi connectivity index (χ0) is 15.8. The van der Waals surface area contributed by atoms with Crippen molar-refractivity contribution in [3.8, 4) is 0 Å². The molecule has 1 unspecified atom stereocenters. The lowest BCUT2D eigenvalue weighted by atomic mass is 10.1. The quantitative estimate of drug-likeness (QED) is 0.860. The molecule has 2 rings (SSSR count). The van der Waals surface area contributed by atoms with E-state index >= 15 is 0 Å². The van der Waals surface area contributed by atoms with Crippen LogP contribution in [0, 0.1) is 12.7 Å². The summed E-state index contributed by atoms with van der Waals surface area (Å²) in [5, 5.41) is -0.547. The van der Waals surface area contributed by atoms with Gasteiger partial charge in [-0.3, -0.25) is 4.98 Å². The fraction of sp³-hybridized carbons (Fsp3) is 0.231. The third-order valence-corrected chi connectivity index (χ3v) is 3.14. The molecular formula is C13H10ClF4N3. The summed E-state index contributed by atoms with van der Waals surface area (Å²) in [6.45, 7) is 1.46. The van der Waals surface area contributed by atoms with Gasteiger partial charge in [0.1, 0.15) is 5.82 Å². The summed E-state index contributed by atoms with van der Waals surface area (Å²) in [7, 11) is 0. The van der Waals surface area contributed by atoms with Crippen LogP contribution in [0.15, 0.2) is 24.4 Å². The number of alkyl halides is 3. The number of nitrogens with two attached hydrogens (primary N) is 1. The molecule has 0 bridgehead atoms. The van der Waals surface area contributed by atoms with Crippen LogP contribution in [0.2, 0.25) is 5.02 Å². The van der Waals surface area contributed by atoms with Gasteiger partial charge in [0.25, 0.3) is 0 Å². The van der Waals surface area contributed by atoms with Crippen LogP contribution in [0.3, 0.4) is 0 Å². The monoisotopic (exact) mass is 319 g/mol. The SMILES string of the molecule is Cc1nc(C(N)c2cnc(C(F)(F)F)c(Cl)c2)ccc1F. The zero-order valence-corrected chi connectivity index (χ0v) is 11.5. The average Bonchev–Trinajstić information content (AvgIpc) is 2.39. The molecule has 2 aromatic rings. The standard InChI is InChI=1S/C13H10ClF4N3/c1-6-9(15)2-3-10(21-6)11(19)7-4-8(14)12(20-5-7)13(16,17)18/h2-5,11H,19H2,1H3. The molecule has 0 aliphatic rings. The molecule has 21 heavy (non-hydrogen) atoms. The lowest BCUT2D eigenvalue weighted by Gasteiger charge is -2.14. The number of pyridine rings is 2. The summed E-state index contributed by atoms with van der Waals surface area (Å²) in [6, 6.07) is 2.79. The van der Waals surface area contributed by atoms with Crippen molar-refractivity contribution in [1.29, 1.82) is 0 Å². The Morgan fingerprint density at radius 3 is 2.48 bits per heavy atom. The maximum absolute atomic E-state index is 13.2. The molecule has 2 heterocycles. The number of aromatic nitrogens is 2. The van der Waals surface area contributed by atoms with Gasteiger partial charge in [-0.25, -0.2) is 9.37 Å². The Hall–Kier alpha value is -1.73. The lowest BCUT2D eigenvalue weighted by Crippen LogP contribution is -2.16. The highest BCUT2D eigenvalue weighted by molar-refractivity contribution is 6.31. The van der Waals surface area contributed by atoms with Crippen molar-refractivity contribution in [3.05, 3.63) is 57.9 Å². The second kappa shape index (κ2) is 5.57. The van der Waals surface area contributed by atoms with E-state index in [1.54, 1.807) is 0 Å². The topological polar surface area (TPSA) is 51.8 Å². The molecule has 112 valence electrons. The maximum atomic E-state index is 13.2. The highest BCUT2D eigenvalue weighted by Crippen LogP contribution is 2.34. The van der Waals surface area contributed by atoms with E-state index in [1.165, 1.54) is 19.1 Å². The molecule has 0 saturated carbocycles. The van der Waals surface area contributed by atoms with E-state index in [4.69, 9.17) is 17.3 Å². The van der Waals surface area contributed by atoms with Crippen molar-refractivity contribution in [2.24, 2.45) is 5.73 Å². The first-order valence-electron chi connectivity index (χ1n) is 5.81. The minimum absolute atomic E-state index is 0.147. The Morgan fingerprint density at radius 1 is 1.29 bits per heavy atom. The summed E-state index contributed by atoms with van der Waals surface area (Å²) >= 11 is 5.58. The molecule has 0 amide bonds. The second-order valence-corrected chi connectivity index (χ2v) is 4.79. The Balaban J connectivity index is 2.38.